The average Bonchev–Trinajstić information content (AvgIpc) is 2.46. The summed E-state index contributed by atoms with van der Waals surface area (Å²) in [5.74, 6) is -0.0367. The number of carbonyl (C=O) groups is 1. The van der Waals surface area contributed by atoms with E-state index in [9.17, 15) is 4.79 Å². The van der Waals surface area contributed by atoms with Gasteiger partial charge in [-0.3, -0.25) is 4.79 Å². The van der Waals surface area contributed by atoms with E-state index in [1.807, 2.05) is 25.1 Å². The van der Waals surface area contributed by atoms with Crippen molar-refractivity contribution in [2.75, 3.05) is 19.7 Å². The lowest BCUT2D eigenvalue weighted by Gasteiger charge is -2.35. The highest BCUT2D eigenvalue weighted by Crippen LogP contribution is 2.32. The number of rotatable bonds is 5. The molecule has 1 N–H and O–H groups in total. The molecule has 0 amide bonds. The molecule has 4 heteroatoms. The molecule has 2 rings (SSSR count). The van der Waals surface area contributed by atoms with Crippen LogP contribution in [0.2, 0.25) is 0 Å². The van der Waals surface area contributed by atoms with E-state index in [4.69, 9.17) is 4.74 Å². The molecule has 1 aliphatic heterocycles. The first-order valence-corrected chi connectivity index (χ1v) is 7.19. The highest BCUT2D eigenvalue weighted by Gasteiger charge is 2.41. The Morgan fingerprint density at radius 1 is 1.35 bits per heavy atom. The van der Waals surface area contributed by atoms with Gasteiger partial charge in [0.25, 0.3) is 0 Å². The van der Waals surface area contributed by atoms with Crippen LogP contribution in [-0.4, -0.2) is 25.7 Å². The molecule has 20 heavy (non-hydrogen) atoms. The maximum Gasteiger partial charge on any atom is 0.313 e. The van der Waals surface area contributed by atoms with Gasteiger partial charge >= 0.3 is 5.97 Å². The van der Waals surface area contributed by atoms with Gasteiger partial charge in [0.1, 0.15) is 0 Å². The lowest BCUT2D eigenvalue weighted by molar-refractivity contribution is -0.157. The SMILES string of the molecule is CCCOC(=O)C1(Cc2ccccc2)CCCNC1.Cl. The minimum Gasteiger partial charge on any atom is -0.465 e. The van der Waals surface area contributed by atoms with Gasteiger partial charge in [-0.05, 0) is 37.8 Å². The van der Waals surface area contributed by atoms with Crippen LogP contribution in [0.3, 0.4) is 0 Å². The summed E-state index contributed by atoms with van der Waals surface area (Å²) in [4.78, 5) is 12.4. The second-order valence-electron chi connectivity index (χ2n) is 5.36. The van der Waals surface area contributed by atoms with Crippen LogP contribution in [0.5, 0.6) is 0 Å². The molecule has 0 saturated carbocycles. The highest BCUT2D eigenvalue weighted by molar-refractivity contribution is 5.85. The van der Waals surface area contributed by atoms with E-state index < -0.39 is 0 Å². The quantitative estimate of drug-likeness (QED) is 0.849. The lowest BCUT2D eigenvalue weighted by Crippen LogP contribution is -2.48. The Morgan fingerprint density at radius 3 is 2.70 bits per heavy atom. The largest absolute Gasteiger partial charge is 0.465 e. The third kappa shape index (κ3) is 4.22. The van der Waals surface area contributed by atoms with Crippen LogP contribution >= 0.6 is 12.4 Å². The molecule has 3 nitrogen and oxygen atoms in total. The second kappa shape index (κ2) is 8.28. The maximum atomic E-state index is 12.4. The number of nitrogens with one attached hydrogen (secondary N) is 1. The summed E-state index contributed by atoms with van der Waals surface area (Å²) < 4.78 is 5.43. The smallest absolute Gasteiger partial charge is 0.313 e. The van der Waals surface area contributed by atoms with Crippen LogP contribution in [0, 0.1) is 5.41 Å². The summed E-state index contributed by atoms with van der Waals surface area (Å²) in [6.07, 6.45) is 3.59. The fourth-order valence-electron chi connectivity index (χ4n) is 2.70. The number of halogens is 1. The van der Waals surface area contributed by atoms with Crippen molar-refractivity contribution in [2.24, 2.45) is 5.41 Å². The van der Waals surface area contributed by atoms with Crippen molar-refractivity contribution in [1.29, 1.82) is 0 Å². The topological polar surface area (TPSA) is 38.3 Å². The molecule has 1 heterocycles. The predicted octanol–water partition coefficient (Wildman–Crippen LogP) is 2.97. The molecule has 1 unspecified atom stereocenters. The zero-order valence-corrected chi connectivity index (χ0v) is 12.9. The van der Waals surface area contributed by atoms with Crippen LogP contribution in [-0.2, 0) is 16.0 Å². The van der Waals surface area contributed by atoms with Crippen molar-refractivity contribution < 1.29 is 9.53 Å². The summed E-state index contributed by atoms with van der Waals surface area (Å²) in [5.41, 5.74) is 0.828. The van der Waals surface area contributed by atoms with Gasteiger partial charge in [-0.2, -0.15) is 0 Å². The maximum absolute atomic E-state index is 12.4. The normalized spacial score (nSPS) is 21.9. The number of esters is 1. The van der Waals surface area contributed by atoms with Gasteiger partial charge in [0.2, 0.25) is 0 Å². The molecule has 112 valence electrons. The molecule has 0 aromatic heterocycles. The fourth-order valence-corrected chi connectivity index (χ4v) is 2.70. The third-order valence-electron chi connectivity index (χ3n) is 3.73. The number of piperidine rings is 1. The van der Waals surface area contributed by atoms with Gasteiger partial charge in [0.15, 0.2) is 0 Å². The van der Waals surface area contributed by atoms with Gasteiger partial charge in [-0.1, -0.05) is 37.3 Å². The standard InChI is InChI=1S/C16H23NO2.ClH/c1-2-11-19-15(18)16(9-6-10-17-13-16)12-14-7-4-3-5-8-14;/h3-5,7-8,17H,2,6,9-13H2,1H3;1H. The van der Waals surface area contributed by atoms with E-state index >= 15 is 0 Å². The molecule has 1 aliphatic rings. The van der Waals surface area contributed by atoms with E-state index in [0.717, 1.165) is 38.8 Å². The first-order valence-electron chi connectivity index (χ1n) is 7.19. The Hall–Kier alpha value is -1.06. The van der Waals surface area contributed by atoms with Gasteiger partial charge in [0.05, 0.1) is 12.0 Å². The van der Waals surface area contributed by atoms with Gasteiger partial charge < -0.3 is 10.1 Å². The molecule has 1 saturated heterocycles. The molecule has 1 atom stereocenters. The van der Waals surface area contributed by atoms with Crippen LogP contribution in [0.1, 0.15) is 31.7 Å². The number of hydrogen-bond donors (Lipinski definition) is 1. The Bertz CT molecular complexity index is 402. The van der Waals surface area contributed by atoms with Gasteiger partial charge in [0, 0.05) is 6.54 Å². The Morgan fingerprint density at radius 2 is 2.10 bits per heavy atom. The van der Waals surface area contributed by atoms with Gasteiger partial charge in [-0.25, -0.2) is 0 Å². The number of benzene rings is 1. The molecular formula is C16H24ClNO2. The number of carbonyl (C=O) groups excluding carboxylic acids is 1. The molecule has 1 aromatic carbocycles. The van der Waals surface area contributed by atoms with Crippen LogP contribution in [0.15, 0.2) is 30.3 Å². The molecule has 1 aromatic rings. The Labute approximate surface area is 127 Å². The van der Waals surface area contributed by atoms with Crippen LogP contribution < -0.4 is 5.32 Å². The molecule has 1 fully saturated rings. The van der Waals surface area contributed by atoms with Gasteiger partial charge in [-0.15, -0.1) is 12.4 Å². The van der Waals surface area contributed by atoms with E-state index in [0.29, 0.717) is 6.61 Å². The molecular weight excluding hydrogens is 274 g/mol. The van der Waals surface area contributed by atoms with Crippen molar-refractivity contribution >= 4 is 18.4 Å². The molecule has 0 spiro atoms. The monoisotopic (exact) mass is 297 g/mol. The summed E-state index contributed by atoms with van der Waals surface area (Å²) in [5, 5.41) is 3.35. The van der Waals surface area contributed by atoms with Crippen molar-refractivity contribution in [3.05, 3.63) is 35.9 Å². The zero-order valence-electron chi connectivity index (χ0n) is 12.1. The fraction of sp³-hybridized carbons (Fsp3) is 0.562. The highest BCUT2D eigenvalue weighted by atomic mass is 35.5. The van der Waals surface area contributed by atoms with Crippen LogP contribution in [0.4, 0.5) is 0 Å². The summed E-state index contributed by atoms with van der Waals surface area (Å²) in [7, 11) is 0. The van der Waals surface area contributed by atoms with E-state index in [1.54, 1.807) is 0 Å². The third-order valence-corrected chi connectivity index (χ3v) is 3.73. The molecule has 0 aliphatic carbocycles. The lowest BCUT2D eigenvalue weighted by atomic mass is 9.76. The summed E-state index contributed by atoms with van der Waals surface area (Å²) in [6, 6.07) is 10.2. The molecule has 0 radical (unpaired) electrons. The Balaban J connectivity index is 0.00000200. The van der Waals surface area contributed by atoms with Crippen molar-refractivity contribution in [3.8, 4) is 0 Å². The number of hydrogen-bond acceptors (Lipinski definition) is 3. The van der Waals surface area contributed by atoms with E-state index in [1.165, 1.54) is 5.56 Å². The summed E-state index contributed by atoms with van der Waals surface area (Å²) in [6.45, 7) is 4.27. The zero-order chi connectivity index (χ0) is 13.6. The van der Waals surface area contributed by atoms with Crippen LogP contribution in [0.25, 0.3) is 0 Å². The number of ether oxygens (including phenoxy) is 1. The predicted molar refractivity (Wildman–Crippen MR) is 83.2 cm³/mol. The first kappa shape index (κ1) is 17.0. The minimum absolute atomic E-state index is 0. The second-order valence-corrected chi connectivity index (χ2v) is 5.36. The summed E-state index contributed by atoms with van der Waals surface area (Å²) >= 11 is 0. The van der Waals surface area contributed by atoms with Crippen molar-refractivity contribution in [2.45, 2.75) is 32.6 Å². The van der Waals surface area contributed by atoms with Crippen molar-refractivity contribution in [3.63, 3.8) is 0 Å². The molecule has 0 bridgehead atoms. The van der Waals surface area contributed by atoms with E-state index in [-0.39, 0.29) is 23.8 Å². The minimum atomic E-state index is -0.380. The average molecular weight is 298 g/mol. The van der Waals surface area contributed by atoms with Crippen molar-refractivity contribution in [1.82, 2.24) is 5.32 Å². The first-order chi connectivity index (χ1) is 9.27. The van der Waals surface area contributed by atoms with E-state index in [2.05, 4.69) is 17.4 Å². The Kier molecular flexibility index (Phi) is 7.03.